The molecule has 0 aliphatic carbocycles. The maximum atomic E-state index is 14.6. The molecule has 7 heteroatoms. The zero-order valence-electron chi connectivity index (χ0n) is 15.7. The average Bonchev–Trinajstić information content (AvgIpc) is 3.06. The molecule has 136 valence electrons. The molecule has 1 aromatic heterocycles. The van der Waals surface area contributed by atoms with Gasteiger partial charge in [0, 0.05) is 31.1 Å². The smallest absolute Gasteiger partial charge is 0.517 e. The van der Waals surface area contributed by atoms with Gasteiger partial charge in [-0.05, 0) is 28.6 Å². The predicted octanol–water partition coefficient (Wildman–Crippen LogP) is 0.921. The number of hydrogen-bond acceptors (Lipinski definition) is 3. The second-order valence-electron chi connectivity index (χ2n) is 6.10. The van der Waals surface area contributed by atoms with Crippen LogP contribution < -0.4 is 61.9 Å². The van der Waals surface area contributed by atoms with Gasteiger partial charge in [-0.25, -0.2) is 4.39 Å². The Kier molecular flexibility index (Phi) is 8.49. The third-order valence-corrected chi connectivity index (χ3v) is 4.68. The van der Waals surface area contributed by atoms with Gasteiger partial charge in [0.2, 0.25) is 0 Å². The number of nitrogens with two attached hydrogens (primary N) is 1. The van der Waals surface area contributed by atoms with Crippen LogP contribution in [-0.4, -0.2) is 22.9 Å². The van der Waals surface area contributed by atoms with E-state index < -0.39 is 0 Å². The fourth-order valence-corrected chi connectivity index (χ4v) is 2.96. The number of nitrogens with zero attached hydrogens (tertiary/aromatic N) is 2. The summed E-state index contributed by atoms with van der Waals surface area (Å²) in [6, 6.07) is 10.0. The van der Waals surface area contributed by atoms with Crippen LogP contribution in [0.15, 0.2) is 36.7 Å². The quantitative estimate of drug-likeness (QED) is 0.485. The van der Waals surface area contributed by atoms with Crippen molar-refractivity contribution in [1.82, 2.24) is 9.78 Å². The standard InChI is InChI=1S/C20H20ClFN3O.K/c1-13-14(5-6-19(20(13)21)26-8-7-23)9-16-4-3-15(10-18(16)22)17-11-24-25(2)12-17;/h3-5,10-12H,7-9,23H2,1-2H3;/q-1;+1. The first-order valence-electron chi connectivity index (χ1n) is 8.29. The van der Waals surface area contributed by atoms with Gasteiger partial charge in [0.05, 0.1) is 12.8 Å². The van der Waals surface area contributed by atoms with Gasteiger partial charge in [-0.2, -0.15) is 22.8 Å². The van der Waals surface area contributed by atoms with Gasteiger partial charge in [-0.15, -0.1) is 17.2 Å². The van der Waals surface area contributed by atoms with E-state index in [-0.39, 0.29) is 57.2 Å². The van der Waals surface area contributed by atoms with E-state index in [1.165, 1.54) is 6.07 Å². The van der Waals surface area contributed by atoms with Gasteiger partial charge < -0.3 is 10.5 Å². The maximum Gasteiger partial charge on any atom is 1.00 e. The van der Waals surface area contributed by atoms with Crippen LogP contribution in [0, 0.1) is 18.8 Å². The van der Waals surface area contributed by atoms with Crippen molar-refractivity contribution in [1.29, 1.82) is 0 Å². The summed E-state index contributed by atoms with van der Waals surface area (Å²) in [5, 5.41) is 4.61. The number of rotatable bonds is 6. The molecule has 2 N–H and O–H groups in total. The van der Waals surface area contributed by atoms with Gasteiger partial charge in [0.1, 0.15) is 5.82 Å². The number of halogens is 2. The maximum absolute atomic E-state index is 14.6. The van der Waals surface area contributed by atoms with E-state index in [1.54, 1.807) is 23.0 Å². The van der Waals surface area contributed by atoms with Crippen molar-refractivity contribution in [2.45, 2.75) is 13.3 Å². The molecule has 2 aromatic carbocycles. The van der Waals surface area contributed by atoms with Crippen molar-refractivity contribution in [2.75, 3.05) is 13.2 Å². The van der Waals surface area contributed by atoms with Crippen molar-refractivity contribution >= 4 is 11.6 Å². The fraction of sp³-hybridized carbons (Fsp3) is 0.250. The van der Waals surface area contributed by atoms with Crippen LogP contribution in [0.3, 0.4) is 0 Å². The summed E-state index contributed by atoms with van der Waals surface area (Å²) in [6.45, 7) is 2.67. The molecule has 0 bridgehead atoms. The first kappa shape index (κ1) is 22.6. The number of aryl methyl sites for hydroxylation is 1. The monoisotopic (exact) mass is 411 g/mol. The number of benzene rings is 2. The molecule has 0 aliphatic rings. The van der Waals surface area contributed by atoms with Crippen LogP contribution >= 0.6 is 11.6 Å². The minimum atomic E-state index is -0.259. The second kappa shape index (κ2) is 10.2. The van der Waals surface area contributed by atoms with Crippen LogP contribution in [0.25, 0.3) is 11.1 Å². The van der Waals surface area contributed by atoms with Gasteiger partial charge in [-0.3, -0.25) is 4.68 Å². The summed E-state index contributed by atoms with van der Waals surface area (Å²) < 4.78 is 21.8. The Labute approximate surface area is 206 Å². The summed E-state index contributed by atoms with van der Waals surface area (Å²) >= 11 is 6.35. The molecule has 0 saturated carbocycles. The summed E-state index contributed by atoms with van der Waals surface area (Å²) in [6.07, 6.45) is 4.00. The van der Waals surface area contributed by atoms with Crippen LogP contribution in [0.4, 0.5) is 4.39 Å². The molecule has 0 saturated heterocycles. The van der Waals surface area contributed by atoms with Crippen molar-refractivity contribution in [3.05, 3.63) is 70.3 Å². The molecular weight excluding hydrogens is 392 g/mol. The van der Waals surface area contributed by atoms with E-state index in [9.17, 15) is 4.39 Å². The van der Waals surface area contributed by atoms with Crippen molar-refractivity contribution in [3.63, 3.8) is 0 Å². The Morgan fingerprint density at radius 2 is 2.07 bits per heavy atom. The fourth-order valence-electron chi connectivity index (χ4n) is 2.73. The second-order valence-corrected chi connectivity index (χ2v) is 6.48. The van der Waals surface area contributed by atoms with Crippen molar-refractivity contribution in [3.8, 4) is 16.9 Å². The van der Waals surface area contributed by atoms with Gasteiger partial charge in [-0.1, -0.05) is 19.1 Å². The molecule has 3 aromatic rings. The molecule has 1 heterocycles. The first-order valence-corrected chi connectivity index (χ1v) is 8.67. The number of ether oxygens (including phenoxy) is 1. The summed E-state index contributed by atoms with van der Waals surface area (Å²) in [5.41, 5.74) is 9.48. The van der Waals surface area contributed by atoms with Gasteiger partial charge >= 0.3 is 51.4 Å². The van der Waals surface area contributed by atoms with Gasteiger partial charge in [0.25, 0.3) is 0 Å². The molecule has 0 spiro atoms. The average molecular weight is 412 g/mol. The minimum absolute atomic E-state index is 0. The zero-order valence-corrected chi connectivity index (χ0v) is 19.6. The normalized spacial score (nSPS) is 10.6. The molecule has 0 unspecified atom stereocenters. The SMILES string of the molecule is Cc1c(Cc2ccc(-c3cnn(C)c3)cc2F)c[c-]c(OCCN)c1Cl.[K+]. The topological polar surface area (TPSA) is 53.1 Å². The van der Waals surface area contributed by atoms with Crippen molar-refractivity contribution in [2.24, 2.45) is 12.8 Å². The third kappa shape index (κ3) is 5.41. The largest absolute Gasteiger partial charge is 1.00 e. The molecule has 4 nitrogen and oxygen atoms in total. The van der Waals surface area contributed by atoms with E-state index >= 15 is 0 Å². The number of aromatic nitrogens is 2. The van der Waals surface area contributed by atoms with Crippen LogP contribution in [-0.2, 0) is 13.5 Å². The van der Waals surface area contributed by atoms with Crippen LogP contribution in [0.5, 0.6) is 5.75 Å². The van der Waals surface area contributed by atoms with Gasteiger partial charge in [0.15, 0.2) is 0 Å². The summed E-state index contributed by atoms with van der Waals surface area (Å²) in [5.74, 6) is 0.219. The molecule has 0 atom stereocenters. The molecule has 3 rings (SSSR count). The van der Waals surface area contributed by atoms with E-state index in [4.69, 9.17) is 22.1 Å². The molecule has 0 aliphatic heterocycles. The third-order valence-electron chi connectivity index (χ3n) is 4.22. The minimum Gasteiger partial charge on any atom is -0.517 e. The Morgan fingerprint density at radius 1 is 1.30 bits per heavy atom. The Morgan fingerprint density at radius 3 is 2.70 bits per heavy atom. The molecule has 0 fully saturated rings. The number of hydrogen-bond donors (Lipinski definition) is 1. The Balaban J connectivity index is 0.00000261. The zero-order chi connectivity index (χ0) is 18.7. The molecule has 0 amide bonds. The molecule has 0 radical (unpaired) electrons. The van der Waals surface area contributed by atoms with Crippen LogP contribution in [0.2, 0.25) is 5.02 Å². The summed E-state index contributed by atoms with van der Waals surface area (Å²) in [7, 11) is 1.83. The van der Waals surface area contributed by atoms with Crippen LogP contribution in [0.1, 0.15) is 16.7 Å². The van der Waals surface area contributed by atoms with Crippen molar-refractivity contribution < 1.29 is 60.5 Å². The predicted molar refractivity (Wildman–Crippen MR) is 101 cm³/mol. The Hall–Kier alpha value is -0.734. The van der Waals surface area contributed by atoms with E-state index in [0.29, 0.717) is 35.9 Å². The first-order chi connectivity index (χ1) is 12.5. The summed E-state index contributed by atoms with van der Waals surface area (Å²) in [4.78, 5) is 0. The van der Waals surface area contributed by atoms with E-state index in [1.807, 2.05) is 26.2 Å². The van der Waals surface area contributed by atoms with E-state index in [2.05, 4.69) is 11.2 Å². The molecular formula is C20H20ClFKN3O. The van der Waals surface area contributed by atoms with E-state index in [0.717, 1.165) is 22.3 Å². The molecule has 27 heavy (non-hydrogen) atoms. The Bertz CT molecular complexity index is 930.